The average molecular weight is 391 g/mol. The Hall–Kier alpha value is -1.93. The zero-order valence-corrected chi connectivity index (χ0v) is 16.1. The lowest BCUT2D eigenvalue weighted by Gasteiger charge is -2.18. The Balaban J connectivity index is 2.05. The van der Waals surface area contributed by atoms with E-state index in [2.05, 4.69) is 10.1 Å². The minimum absolute atomic E-state index is 0.0621. The fraction of sp³-hybridized carbons (Fsp3) is 0.333. The summed E-state index contributed by atoms with van der Waals surface area (Å²) in [5, 5.41) is 4.93. The van der Waals surface area contributed by atoms with Crippen LogP contribution >= 0.6 is 11.8 Å². The first-order valence-electron chi connectivity index (χ1n) is 8.39. The number of rotatable bonds is 3. The van der Waals surface area contributed by atoms with E-state index in [1.54, 1.807) is 10.8 Å². The molecule has 26 heavy (non-hydrogen) atoms. The van der Waals surface area contributed by atoms with E-state index in [1.165, 1.54) is 30.0 Å². The Labute approximate surface area is 155 Å². The smallest absolute Gasteiger partial charge is 0.213 e. The first-order chi connectivity index (χ1) is 12.4. The number of hydrogen-bond donors (Lipinski definition) is 0. The molecular weight excluding hydrogens is 373 g/mol. The molecule has 0 fully saturated rings. The number of sulfone groups is 1. The summed E-state index contributed by atoms with van der Waals surface area (Å²) in [4.78, 5) is 4.56. The minimum Gasteiger partial charge on any atom is -0.232 e. The van der Waals surface area contributed by atoms with Crippen LogP contribution < -0.4 is 0 Å². The van der Waals surface area contributed by atoms with Gasteiger partial charge < -0.3 is 0 Å². The van der Waals surface area contributed by atoms with Crippen LogP contribution in [0, 0.1) is 12.7 Å². The van der Waals surface area contributed by atoms with E-state index in [0.29, 0.717) is 10.7 Å². The number of nitrogens with zero attached hydrogens (tertiary/aromatic N) is 3. The van der Waals surface area contributed by atoms with Gasteiger partial charge in [-0.3, -0.25) is 0 Å². The maximum atomic E-state index is 13.6. The molecule has 0 N–H and O–H groups in total. The molecule has 0 spiro atoms. The number of hydrogen-bond acceptors (Lipinski definition) is 5. The van der Waals surface area contributed by atoms with E-state index >= 15 is 0 Å². The van der Waals surface area contributed by atoms with Crippen LogP contribution in [0.5, 0.6) is 0 Å². The van der Waals surface area contributed by atoms with Crippen LogP contribution in [-0.4, -0.2) is 29.3 Å². The molecule has 2 aromatic heterocycles. The molecule has 0 aliphatic heterocycles. The number of thioether (sulfide) groups is 1. The summed E-state index contributed by atoms with van der Waals surface area (Å²) in [6.45, 7) is 1.91. The van der Waals surface area contributed by atoms with Gasteiger partial charge in [0, 0.05) is 11.4 Å². The van der Waals surface area contributed by atoms with Gasteiger partial charge >= 0.3 is 0 Å². The lowest BCUT2D eigenvalue weighted by Crippen LogP contribution is -2.14. The monoisotopic (exact) mass is 391 g/mol. The Kier molecular flexibility index (Phi) is 4.27. The fourth-order valence-electron chi connectivity index (χ4n) is 3.52. The highest BCUT2D eigenvalue weighted by molar-refractivity contribution is 7.99. The van der Waals surface area contributed by atoms with Gasteiger partial charge in [0.2, 0.25) is 9.84 Å². The number of benzene rings is 1. The number of fused-ring (bicyclic) bond motifs is 3. The molecule has 5 nitrogen and oxygen atoms in total. The van der Waals surface area contributed by atoms with Gasteiger partial charge in [-0.2, -0.15) is 5.10 Å². The predicted octanol–water partition coefficient (Wildman–Crippen LogP) is 3.61. The number of halogens is 1. The molecule has 0 saturated carbocycles. The summed E-state index contributed by atoms with van der Waals surface area (Å²) in [6.07, 6.45) is 5.72. The van der Waals surface area contributed by atoms with E-state index in [-0.39, 0.29) is 9.79 Å². The molecule has 136 valence electrons. The van der Waals surface area contributed by atoms with Gasteiger partial charge in [0.05, 0.1) is 4.90 Å². The van der Waals surface area contributed by atoms with Gasteiger partial charge in [-0.25, -0.2) is 22.3 Å². The van der Waals surface area contributed by atoms with Crippen molar-refractivity contribution in [1.82, 2.24) is 14.6 Å². The first-order valence-corrected chi connectivity index (χ1v) is 11.1. The third-order valence-corrected chi connectivity index (χ3v) is 7.35. The van der Waals surface area contributed by atoms with Crippen molar-refractivity contribution >= 4 is 27.2 Å². The quantitative estimate of drug-likeness (QED) is 0.638. The Morgan fingerprint density at radius 1 is 1.23 bits per heavy atom. The second-order valence-corrected chi connectivity index (χ2v) is 9.05. The van der Waals surface area contributed by atoms with E-state index < -0.39 is 15.7 Å². The van der Waals surface area contributed by atoms with Crippen molar-refractivity contribution < 1.29 is 12.8 Å². The van der Waals surface area contributed by atoms with Crippen LogP contribution in [0.4, 0.5) is 4.39 Å². The van der Waals surface area contributed by atoms with Crippen LogP contribution in [-0.2, 0) is 22.7 Å². The molecule has 3 aromatic rings. The first kappa shape index (κ1) is 17.5. The highest BCUT2D eigenvalue weighted by atomic mass is 32.2. The van der Waals surface area contributed by atoms with Crippen LogP contribution in [0.3, 0.4) is 0 Å². The summed E-state index contributed by atoms with van der Waals surface area (Å²) < 4.78 is 41.8. The topological polar surface area (TPSA) is 64.3 Å². The Bertz CT molecular complexity index is 1120. The van der Waals surface area contributed by atoms with Gasteiger partial charge in [-0.05, 0) is 62.6 Å². The zero-order chi connectivity index (χ0) is 18.5. The van der Waals surface area contributed by atoms with Gasteiger partial charge in [-0.15, -0.1) is 11.8 Å². The van der Waals surface area contributed by atoms with Crippen LogP contribution in [0.1, 0.15) is 29.8 Å². The van der Waals surface area contributed by atoms with E-state index in [1.807, 2.05) is 6.92 Å². The second-order valence-electron chi connectivity index (χ2n) is 6.36. The van der Waals surface area contributed by atoms with Gasteiger partial charge in [0.15, 0.2) is 10.5 Å². The second kappa shape index (κ2) is 6.35. The molecule has 0 bridgehead atoms. The molecular formula is C18H18FN3O2S2. The molecule has 2 heterocycles. The lowest BCUT2D eigenvalue weighted by molar-refractivity contribution is 0.589. The summed E-state index contributed by atoms with van der Waals surface area (Å²) in [7, 11) is -3.94. The average Bonchev–Trinajstić information content (AvgIpc) is 3.01. The Morgan fingerprint density at radius 3 is 2.73 bits per heavy atom. The van der Waals surface area contributed by atoms with Crippen LogP contribution in [0.2, 0.25) is 0 Å². The largest absolute Gasteiger partial charge is 0.232 e. The fourth-order valence-corrected chi connectivity index (χ4v) is 5.95. The van der Waals surface area contributed by atoms with E-state index in [9.17, 15) is 12.8 Å². The van der Waals surface area contributed by atoms with Crippen LogP contribution in [0.25, 0.3) is 5.65 Å². The van der Waals surface area contributed by atoms with Crippen molar-refractivity contribution in [3.05, 3.63) is 47.0 Å². The summed E-state index contributed by atoms with van der Waals surface area (Å²) in [5.41, 5.74) is 3.37. The van der Waals surface area contributed by atoms with Gasteiger partial charge in [-0.1, -0.05) is 6.07 Å². The zero-order valence-electron chi connectivity index (χ0n) is 14.5. The van der Waals surface area contributed by atoms with Crippen molar-refractivity contribution in [3.63, 3.8) is 0 Å². The molecule has 0 radical (unpaired) electrons. The SMILES string of the molecule is CSc1nn2c3c(c(C)nc2c1S(=O)(=O)c1cccc(F)c1)CCCC3. The van der Waals surface area contributed by atoms with Crippen molar-refractivity contribution in [1.29, 1.82) is 0 Å². The molecule has 0 unspecified atom stereocenters. The number of aromatic nitrogens is 3. The lowest BCUT2D eigenvalue weighted by atomic mass is 9.95. The molecule has 0 atom stereocenters. The standard InChI is InChI=1S/C18H18FN3O2S2/c1-11-14-8-3-4-9-15(14)22-17(20-11)16(18(21-22)25-2)26(23,24)13-7-5-6-12(19)10-13/h5-7,10H,3-4,8-9H2,1-2H3. The van der Waals surface area contributed by atoms with Gasteiger partial charge in [0.25, 0.3) is 0 Å². The highest BCUT2D eigenvalue weighted by Crippen LogP contribution is 2.35. The van der Waals surface area contributed by atoms with Gasteiger partial charge in [0.1, 0.15) is 10.8 Å². The maximum absolute atomic E-state index is 13.6. The van der Waals surface area contributed by atoms with Crippen molar-refractivity contribution in [2.24, 2.45) is 0 Å². The number of aryl methyl sites for hydroxylation is 2. The molecule has 1 aliphatic carbocycles. The molecule has 1 aliphatic rings. The van der Waals surface area contributed by atoms with Crippen molar-refractivity contribution in [2.75, 3.05) is 6.26 Å². The third kappa shape index (κ3) is 2.63. The normalized spacial score (nSPS) is 14.6. The van der Waals surface area contributed by atoms with E-state index in [0.717, 1.165) is 48.7 Å². The molecule has 0 amide bonds. The molecule has 0 saturated heterocycles. The molecule has 8 heteroatoms. The maximum Gasteiger partial charge on any atom is 0.213 e. The third-order valence-electron chi connectivity index (χ3n) is 4.76. The predicted molar refractivity (Wildman–Crippen MR) is 98.0 cm³/mol. The highest BCUT2D eigenvalue weighted by Gasteiger charge is 2.31. The molecule has 1 aromatic carbocycles. The van der Waals surface area contributed by atoms with E-state index in [4.69, 9.17) is 0 Å². The summed E-state index contributed by atoms with van der Waals surface area (Å²) in [6, 6.07) is 5.06. The summed E-state index contributed by atoms with van der Waals surface area (Å²) >= 11 is 1.26. The van der Waals surface area contributed by atoms with Crippen molar-refractivity contribution in [3.8, 4) is 0 Å². The Morgan fingerprint density at radius 2 is 2.00 bits per heavy atom. The van der Waals surface area contributed by atoms with Crippen LogP contribution in [0.15, 0.2) is 39.1 Å². The minimum atomic E-state index is -3.94. The molecule has 4 rings (SSSR count). The summed E-state index contributed by atoms with van der Waals surface area (Å²) in [5.74, 6) is -0.588. The van der Waals surface area contributed by atoms with Crippen molar-refractivity contribution in [2.45, 2.75) is 47.4 Å².